The highest BCUT2D eigenvalue weighted by molar-refractivity contribution is 6.88. The number of aromatic nitrogens is 1. The molecule has 0 saturated heterocycles. The van der Waals surface area contributed by atoms with E-state index in [-0.39, 0.29) is 0 Å². The maximum atomic E-state index is 2.53. The van der Waals surface area contributed by atoms with E-state index in [4.69, 9.17) is 0 Å². The van der Waals surface area contributed by atoms with Crippen LogP contribution in [-0.2, 0) is 0 Å². The van der Waals surface area contributed by atoms with Gasteiger partial charge in [-0.2, -0.15) is 0 Å². The Morgan fingerprint density at radius 2 is 0.522 bits per heavy atom. The minimum absolute atomic E-state index is 1.19. The average molecular weight is 892 g/mol. The van der Waals surface area contributed by atoms with Crippen LogP contribution in [0.5, 0.6) is 0 Å². The molecule has 2 heteroatoms. The number of hydrogen-bond acceptors (Lipinski definition) is 0. The summed E-state index contributed by atoms with van der Waals surface area (Å²) in [7, 11) is -1.50. The van der Waals surface area contributed by atoms with Gasteiger partial charge in [-0.15, -0.1) is 0 Å². The predicted molar refractivity (Wildman–Crippen MR) is 302 cm³/mol. The van der Waals surface area contributed by atoms with Crippen LogP contribution >= 0.6 is 0 Å². The second kappa shape index (κ2) is 14.1. The van der Waals surface area contributed by atoms with Crippen LogP contribution in [0.15, 0.2) is 218 Å². The van der Waals surface area contributed by atoms with Crippen molar-refractivity contribution in [2.45, 2.75) is 19.6 Å². The molecule has 0 aliphatic carbocycles. The van der Waals surface area contributed by atoms with Crippen molar-refractivity contribution in [2.24, 2.45) is 0 Å². The molecule has 15 rings (SSSR count). The maximum Gasteiger partial charge on any atom is 0.0775 e. The Kier molecular flexibility index (Phi) is 7.93. The Bertz CT molecular complexity index is 4140. The van der Waals surface area contributed by atoms with Gasteiger partial charge in [0.25, 0.3) is 0 Å². The van der Waals surface area contributed by atoms with Crippen LogP contribution in [0.4, 0.5) is 0 Å². The topological polar surface area (TPSA) is 4.93 Å². The molecule has 0 saturated carbocycles. The lowest BCUT2D eigenvalue weighted by Crippen LogP contribution is -2.37. The molecule has 0 radical (unpaired) electrons. The molecule has 0 fully saturated rings. The van der Waals surface area contributed by atoms with E-state index in [1.54, 1.807) is 0 Å². The zero-order valence-corrected chi connectivity index (χ0v) is 39.7. The lowest BCUT2D eigenvalue weighted by atomic mass is 9.90. The first kappa shape index (κ1) is 38.8. The fraction of sp³-hybridized carbons (Fsp3) is 0.0448. The first-order chi connectivity index (χ1) is 33.8. The van der Waals surface area contributed by atoms with Crippen LogP contribution in [0.2, 0.25) is 19.6 Å². The van der Waals surface area contributed by atoms with E-state index in [1.807, 2.05) is 0 Å². The minimum Gasteiger partial charge on any atom is -0.309 e. The molecule has 322 valence electrons. The van der Waals surface area contributed by atoms with Crippen molar-refractivity contribution in [3.8, 4) is 50.2 Å². The van der Waals surface area contributed by atoms with Crippen LogP contribution in [0.3, 0.4) is 0 Å². The summed E-state index contributed by atoms with van der Waals surface area (Å²) in [5.41, 5.74) is 13.5. The van der Waals surface area contributed by atoms with E-state index >= 15 is 0 Å². The van der Waals surface area contributed by atoms with Crippen LogP contribution in [0.1, 0.15) is 0 Å². The van der Waals surface area contributed by atoms with Gasteiger partial charge in [-0.1, -0.05) is 183 Å². The van der Waals surface area contributed by atoms with Gasteiger partial charge in [0.2, 0.25) is 0 Å². The highest BCUT2D eigenvalue weighted by atomic mass is 28.3. The summed E-state index contributed by atoms with van der Waals surface area (Å²) in [6.45, 7) is 7.29. The first-order valence-electron chi connectivity index (χ1n) is 24.3. The second-order valence-electron chi connectivity index (χ2n) is 20.6. The molecule has 69 heavy (non-hydrogen) atoms. The van der Waals surface area contributed by atoms with Gasteiger partial charge in [-0.3, -0.25) is 0 Å². The second-order valence-corrected chi connectivity index (χ2v) is 25.6. The van der Waals surface area contributed by atoms with Crippen LogP contribution in [-0.4, -0.2) is 12.6 Å². The first-order valence-corrected chi connectivity index (χ1v) is 27.8. The van der Waals surface area contributed by atoms with E-state index in [0.717, 1.165) is 0 Å². The minimum atomic E-state index is -1.50. The van der Waals surface area contributed by atoms with Crippen LogP contribution in [0.25, 0.3) is 147 Å². The summed E-state index contributed by atoms with van der Waals surface area (Å²) in [5, 5.41) is 22.4. The van der Waals surface area contributed by atoms with E-state index in [9.17, 15) is 0 Å². The number of hydrogen-bond donors (Lipinski definition) is 0. The van der Waals surface area contributed by atoms with E-state index in [2.05, 4.69) is 243 Å². The molecule has 0 aliphatic rings. The Morgan fingerprint density at radius 3 is 0.841 bits per heavy atom. The van der Waals surface area contributed by atoms with Gasteiger partial charge in [-0.25, -0.2) is 0 Å². The molecular formula is C67H45NSi. The molecule has 0 bridgehead atoms. The van der Waals surface area contributed by atoms with Crippen molar-refractivity contribution in [1.82, 2.24) is 4.57 Å². The molecule has 1 aromatic heterocycles. The summed E-state index contributed by atoms with van der Waals surface area (Å²) in [5.74, 6) is 0. The normalized spacial score (nSPS) is 12.6. The molecule has 14 aromatic carbocycles. The van der Waals surface area contributed by atoms with Crippen LogP contribution in [0, 0.1) is 0 Å². The third-order valence-corrected chi connectivity index (χ3v) is 17.6. The third-order valence-electron chi connectivity index (χ3n) is 15.5. The zero-order valence-electron chi connectivity index (χ0n) is 38.7. The fourth-order valence-corrected chi connectivity index (χ4v) is 13.2. The quantitative estimate of drug-likeness (QED) is 0.116. The molecule has 0 aliphatic heterocycles. The van der Waals surface area contributed by atoms with Crippen molar-refractivity contribution in [3.63, 3.8) is 0 Å². The van der Waals surface area contributed by atoms with Gasteiger partial charge in [0, 0.05) is 16.5 Å². The molecule has 0 atom stereocenters. The largest absolute Gasteiger partial charge is 0.309 e. The molecule has 0 unspecified atom stereocenters. The van der Waals surface area contributed by atoms with Gasteiger partial charge in [0.15, 0.2) is 0 Å². The van der Waals surface area contributed by atoms with Crippen molar-refractivity contribution < 1.29 is 0 Å². The predicted octanol–water partition coefficient (Wildman–Crippen LogP) is 18.4. The molecule has 1 nitrogen and oxygen atoms in total. The van der Waals surface area contributed by atoms with Gasteiger partial charge >= 0.3 is 0 Å². The molecule has 1 heterocycles. The highest BCUT2D eigenvalue weighted by Crippen LogP contribution is 2.45. The Balaban J connectivity index is 0.844. The van der Waals surface area contributed by atoms with Crippen molar-refractivity contribution >= 4 is 110 Å². The fourth-order valence-electron chi connectivity index (χ4n) is 12.0. The Labute approximate surface area is 401 Å². The van der Waals surface area contributed by atoms with Gasteiger partial charge in [0.05, 0.1) is 19.1 Å². The molecular weight excluding hydrogens is 847 g/mol. The van der Waals surface area contributed by atoms with Gasteiger partial charge in [-0.05, 0) is 181 Å². The smallest absolute Gasteiger partial charge is 0.0775 e. The number of benzene rings is 14. The van der Waals surface area contributed by atoms with Crippen LogP contribution < -0.4 is 5.19 Å². The summed E-state index contributed by atoms with van der Waals surface area (Å²) in [6, 6.07) is 83.1. The monoisotopic (exact) mass is 891 g/mol. The lowest BCUT2D eigenvalue weighted by molar-refractivity contribution is 1.18. The summed E-state index contributed by atoms with van der Waals surface area (Å²) in [4.78, 5) is 0. The molecule has 0 amide bonds. The molecule has 0 spiro atoms. The SMILES string of the molecule is C[Si](C)(C)c1ccc(-n2c3cc(-c4ccc(-c5cc6ccc7cccc8ccc(c5)c6c78)cc4)cc4ccc5cc(-c6ccc(-c7cc8ccc9cccc%10ccc(c7)c8c9%10)cc6)cc2c5c43)cc1. The van der Waals surface area contributed by atoms with E-state index in [1.165, 1.54) is 153 Å². The summed E-state index contributed by atoms with van der Waals surface area (Å²) >= 11 is 0. The maximum absolute atomic E-state index is 2.53. The zero-order chi connectivity index (χ0) is 45.7. The highest BCUT2D eigenvalue weighted by Gasteiger charge is 2.22. The van der Waals surface area contributed by atoms with Gasteiger partial charge in [0.1, 0.15) is 0 Å². The number of nitrogens with zero attached hydrogens (tertiary/aromatic N) is 1. The number of rotatable bonds is 6. The molecule has 0 N–H and O–H groups in total. The van der Waals surface area contributed by atoms with Crippen molar-refractivity contribution in [3.05, 3.63) is 218 Å². The lowest BCUT2D eigenvalue weighted by Gasteiger charge is -2.17. The van der Waals surface area contributed by atoms with Gasteiger partial charge < -0.3 is 4.57 Å². The third kappa shape index (κ3) is 5.83. The summed E-state index contributed by atoms with van der Waals surface area (Å²) in [6.07, 6.45) is 0. The van der Waals surface area contributed by atoms with Crippen molar-refractivity contribution in [1.29, 1.82) is 0 Å². The Hall–Kier alpha value is -8.30. The van der Waals surface area contributed by atoms with Crippen molar-refractivity contribution in [2.75, 3.05) is 0 Å². The average Bonchev–Trinajstić information content (AvgIpc) is 3.73. The standard InChI is InChI=1S/C67H45NSi/c1-69(2,3)59-30-28-58(29-31-59)68-60-38-56(42-14-10-40(11-15-42)54-32-48-22-18-44-6-4-7-45-19-23-49(33-54)64(48)62(44)45)36-52-26-27-53-37-57(39-61(68)67(53)66(52)60)43-16-12-41(13-17-43)55-34-50-24-20-46-8-5-9-47-21-25-51(35-55)65(50)63(46)47/h4-39H,1-3H3. The molecule has 15 aromatic rings. The summed E-state index contributed by atoms with van der Waals surface area (Å²) < 4.78 is 2.53. The van der Waals surface area contributed by atoms with E-state index in [0.29, 0.717) is 0 Å². The van der Waals surface area contributed by atoms with E-state index < -0.39 is 8.07 Å². The Morgan fingerprint density at radius 1 is 0.246 bits per heavy atom.